The van der Waals surface area contributed by atoms with Crippen LogP contribution >= 0.6 is 0 Å². The zero-order chi connectivity index (χ0) is 61.9. The number of H-pyrrole nitrogens is 3. The van der Waals surface area contributed by atoms with Gasteiger partial charge in [0.2, 0.25) is 0 Å². The normalized spacial score (nSPS) is 7.39. The molecule has 2 aromatic carbocycles. The third kappa shape index (κ3) is 50.7. The molecule has 19 heteroatoms. The summed E-state index contributed by atoms with van der Waals surface area (Å²) in [5.74, 6) is 2.46. The van der Waals surface area contributed by atoms with E-state index in [1.165, 1.54) is 17.5 Å². The van der Waals surface area contributed by atoms with Crippen molar-refractivity contribution >= 4 is 0 Å². The van der Waals surface area contributed by atoms with Gasteiger partial charge < -0.3 is 34.9 Å². The van der Waals surface area contributed by atoms with E-state index in [1.807, 2.05) is 245 Å². The van der Waals surface area contributed by atoms with E-state index in [-0.39, 0.29) is 138 Å². The molecule has 0 aliphatic heterocycles. The Hall–Kier alpha value is -4.88. The predicted molar refractivity (Wildman–Crippen MR) is 375 cm³/mol. The number of benzene rings is 2. The van der Waals surface area contributed by atoms with Crippen molar-refractivity contribution in [3.8, 4) is 45.5 Å². The van der Waals surface area contributed by atoms with Gasteiger partial charge in [0.15, 0.2) is 0 Å². The first-order chi connectivity index (χ1) is 39.4. The van der Waals surface area contributed by atoms with Crippen molar-refractivity contribution in [2.24, 2.45) is 0 Å². The Kier molecular flexibility index (Phi) is 123. The van der Waals surface area contributed by atoms with Gasteiger partial charge in [-0.2, -0.15) is 46.6 Å². The molecule has 0 aliphatic carbocycles. The maximum atomic E-state index is 4.16. The molecule has 525 valence electrons. The molecule has 5 radical (unpaired) electrons. The smallest absolute Gasteiger partial charge is 0.0564 e. The van der Waals surface area contributed by atoms with Crippen LogP contribution in [0.5, 0.6) is 0 Å². The van der Waals surface area contributed by atoms with Crippen LogP contribution in [0, 0.1) is 65.1 Å². The maximum Gasteiger partial charge on any atom is 0.0564 e. The van der Waals surface area contributed by atoms with Crippen LogP contribution in [0.15, 0.2) is 141 Å². The van der Waals surface area contributed by atoms with Crippen molar-refractivity contribution in [3.63, 3.8) is 0 Å². The van der Waals surface area contributed by atoms with Crippen LogP contribution in [0.2, 0.25) is 0 Å². The minimum atomic E-state index is 0. The van der Waals surface area contributed by atoms with Crippen LogP contribution in [0.3, 0.4) is 0 Å². The topological polar surface area (TPSA) is 173 Å². The monoisotopic (exact) mass is 2130 g/mol. The van der Waals surface area contributed by atoms with Gasteiger partial charge in [0.1, 0.15) is 0 Å². The van der Waals surface area contributed by atoms with Crippen molar-refractivity contribution in [2.45, 2.75) is 210 Å². The van der Waals surface area contributed by atoms with Gasteiger partial charge in [-0.3, -0.25) is 24.3 Å². The fourth-order valence-corrected chi connectivity index (χ4v) is 5.46. The molecule has 90 heavy (non-hydrogen) atoms. The number of aromatic nitrogens is 14. The second kappa shape index (κ2) is 90.5. The molecule has 0 unspecified atom stereocenters. The summed E-state index contributed by atoms with van der Waals surface area (Å²) in [5.41, 5.74) is 9.83. The van der Waals surface area contributed by atoms with E-state index in [4.69, 9.17) is 0 Å². The summed E-state index contributed by atoms with van der Waals surface area (Å²) in [6, 6.07) is 31.6. The number of nitrogens with zero attached hydrogens (tertiary/aromatic N) is 11. The minimum absolute atomic E-state index is 0. The third-order valence-corrected chi connectivity index (χ3v) is 8.46. The fraction of sp³-hybridized carbons (Fsp3) is 0.423. The summed E-state index contributed by atoms with van der Waals surface area (Å²) < 4.78 is 3.57. The number of nitrogens with one attached hydrogen (secondary N) is 3. The van der Waals surface area contributed by atoms with Crippen LogP contribution in [0.25, 0.3) is 45.5 Å². The molecule has 8 heterocycles. The second-order valence-electron chi connectivity index (χ2n) is 12.7. The molecule has 0 atom stereocenters. The number of hydrogen-bond donors (Lipinski definition) is 3. The molecule has 0 amide bonds. The summed E-state index contributed by atoms with van der Waals surface area (Å²) in [5, 5.41) is 8.23. The molecule has 0 aliphatic rings. The molecule has 0 bridgehead atoms. The van der Waals surface area contributed by atoms with Crippen LogP contribution in [-0.4, -0.2) is 69.4 Å². The first-order valence-corrected chi connectivity index (χ1v) is 28.7. The minimum Gasteiger partial charge on any atom is -0.386 e. The summed E-state index contributed by atoms with van der Waals surface area (Å²) in [6.45, 7) is 49.9. The average Bonchev–Trinajstić information content (AvgIpc) is 4.46. The quantitative estimate of drug-likeness (QED) is 0.142. The number of aryl methyl sites for hydroxylation is 5. The Morgan fingerprint density at radius 1 is 0.333 bits per heavy atom. The number of imidazole rings is 3. The second-order valence-corrected chi connectivity index (χ2v) is 12.7. The van der Waals surface area contributed by atoms with E-state index in [1.54, 1.807) is 72.6 Å². The van der Waals surface area contributed by atoms with Crippen molar-refractivity contribution in [2.75, 3.05) is 0 Å². The molecule has 3 N–H and O–H groups in total. The summed E-state index contributed by atoms with van der Waals surface area (Å²) in [6.07, 6.45) is 25.6. The Bertz CT molecular complexity index is 2300. The van der Waals surface area contributed by atoms with E-state index in [2.05, 4.69) is 90.5 Å². The SMILES string of the molecule is C.C.C.C.C.CC.CC.CC.CC.CC.CC.CC.CC.CC.CC.Cc1ccc[c-]c1-c1ncc[nH]1.Cc1ccc[c-]c1-n1cccn1.Cc1ncc[c-]c1-c1ncc[nH]1.Cc1ncc[c-]c1-n1cccn1.Cc1ncn[c-]c1-c1ncc[nH]1.[Ir].[Ir].[Ir].[Ir].[Ir]. The number of pyridine rings is 2. The van der Waals surface area contributed by atoms with Gasteiger partial charge in [-0.05, 0) is 46.8 Å². The van der Waals surface area contributed by atoms with Crippen molar-refractivity contribution < 1.29 is 101 Å². The Labute approximate surface area is 620 Å². The van der Waals surface area contributed by atoms with Crippen molar-refractivity contribution in [3.05, 3.63) is 200 Å². The zero-order valence-corrected chi connectivity index (χ0v) is 67.3. The van der Waals surface area contributed by atoms with Gasteiger partial charge in [0.05, 0.1) is 17.5 Å². The Morgan fingerprint density at radius 2 is 0.678 bits per heavy atom. The molecule has 10 rings (SSSR count). The molecule has 0 saturated carbocycles. The van der Waals surface area contributed by atoms with Crippen molar-refractivity contribution in [1.29, 1.82) is 0 Å². The number of para-hydroxylation sites is 1. The summed E-state index contributed by atoms with van der Waals surface area (Å²) >= 11 is 0. The number of aromatic amines is 3. The van der Waals surface area contributed by atoms with E-state index in [0.717, 1.165) is 62.6 Å². The first kappa shape index (κ1) is 123. The summed E-state index contributed by atoms with van der Waals surface area (Å²) in [4.78, 5) is 37.5. The standard InChI is InChI=1S/2C10H9N2.2C9H8N3.C8H7N4.10C2H6.5CH4.5Ir/c1-9-5-2-3-6-10(9)12-8-4-7-11-12;1-8-4-2-3-5-9(8)10-11-6-7-12-10;1-8-9(4-2-5-10-8)12-7-3-6-11-12;1-7-8(3-2-4-10-7)9-11-5-6-12-9;1-6-7(4-9-5-12-6)8-10-2-3-11-8;10*1-2;;;;;;;;;;/h2-5,7-8H,1H3;2-4,6-7H,1H3,(H,11,12);2-3,5-7H,1H3;2,4-6H,1H3,(H,11,12);2-3,5H,1H3,(H,10,11);10*1-2H3;5*1H4;;;;;/q5*-1;;;;;;;;;;;;;;;;;;;;. The Morgan fingerprint density at radius 3 is 1.03 bits per heavy atom. The van der Waals surface area contributed by atoms with Gasteiger partial charge in [0, 0.05) is 169 Å². The molecular formula is C71H121Ir5N14-5. The molecular weight excluding hydrogens is 2010 g/mol. The van der Waals surface area contributed by atoms with Gasteiger partial charge in [-0.25, -0.2) is 0 Å². The third-order valence-electron chi connectivity index (χ3n) is 8.46. The molecule has 0 saturated heterocycles. The van der Waals surface area contributed by atoms with Crippen LogP contribution in [-0.2, 0) is 101 Å². The number of rotatable bonds is 5. The fourth-order valence-electron chi connectivity index (χ4n) is 5.46. The molecule has 0 fully saturated rings. The van der Waals surface area contributed by atoms with E-state index in [0.29, 0.717) is 0 Å². The zero-order valence-electron chi connectivity index (χ0n) is 55.4. The first-order valence-electron chi connectivity index (χ1n) is 28.7. The van der Waals surface area contributed by atoms with E-state index >= 15 is 0 Å². The van der Waals surface area contributed by atoms with Crippen LogP contribution in [0.4, 0.5) is 0 Å². The largest absolute Gasteiger partial charge is 0.386 e. The van der Waals surface area contributed by atoms with Crippen molar-refractivity contribution in [1.82, 2.24) is 69.4 Å². The predicted octanol–water partition coefficient (Wildman–Crippen LogP) is 21.5. The average molecular weight is 2130 g/mol. The van der Waals surface area contributed by atoms with Gasteiger partial charge in [-0.1, -0.05) is 234 Å². The molecule has 8 aromatic heterocycles. The van der Waals surface area contributed by atoms with E-state index in [9.17, 15) is 0 Å². The van der Waals surface area contributed by atoms with E-state index < -0.39 is 0 Å². The molecule has 14 nitrogen and oxygen atoms in total. The van der Waals surface area contributed by atoms with Crippen LogP contribution < -0.4 is 0 Å². The summed E-state index contributed by atoms with van der Waals surface area (Å²) in [7, 11) is 0. The van der Waals surface area contributed by atoms with Gasteiger partial charge >= 0.3 is 0 Å². The van der Waals surface area contributed by atoms with Gasteiger partial charge in [-0.15, -0.1) is 53.1 Å². The Balaban J connectivity index is -0.0000000546. The molecule has 0 spiro atoms. The van der Waals surface area contributed by atoms with Crippen LogP contribution in [0.1, 0.15) is 204 Å². The maximum absolute atomic E-state index is 4.16. The van der Waals surface area contributed by atoms with Gasteiger partial charge in [0.25, 0.3) is 0 Å². The number of hydrogen-bond acceptors (Lipinski definition) is 9. The molecule has 10 aromatic rings.